The number of nitrogens with zero attached hydrogens (tertiary/aromatic N) is 4. The molecular formula is C41H34Cl2N4O5S. The molecule has 12 heteroatoms. The number of imide groups is 2. The van der Waals surface area contributed by atoms with Crippen LogP contribution in [0.4, 0.5) is 11.5 Å². The lowest BCUT2D eigenvalue weighted by molar-refractivity contribution is -0.131. The molecule has 6 atom stereocenters. The van der Waals surface area contributed by atoms with Gasteiger partial charge in [-0.25, -0.2) is 9.80 Å². The highest BCUT2D eigenvalue weighted by molar-refractivity contribution is 7.22. The van der Waals surface area contributed by atoms with Crippen molar-refractivity contribution >= 4 is 79.8 Å². The molecular weight excluding hydrogens is 731 g/mol. The number of halogens is 2. The molecule has 2 aromatic heterocycles. The highest BCUT2D eigenvalue weighted by Crippen LogP contribution is 2.64. The van der Waals surface area contributed by atoms with Gasteiger partial charge in [-0.05, 0) is 92.4 Å². The van der Waals surface area contributed by atoms with Gasteiger partial charge in [0.2, 0.25) is 23.6 Å². The minimum absolute atomic E-state index is 0.00671. The Hall–Kier alpha value is -4.77. The number of aromatic nitrogens is 2. The average Bonchev–Trinajstić information content (AvgIpc) is 3.80. The van der Waals surface area contributed by atoms with E-state index in [2.05, 4.69) is 0 Å². The number of phenols is 1. The van der Waals surface area contributed by atoms with E-state index in [1.165, 1.54) is 9.80 Å². The largest absolute Gasteiger partial charge is 0.508 e. The molecule has 4 amide bonds. The maximum absolute atomic E-state index is 15.0. The van der Waals surface area contributed by atoms with Gasteiger partial charge in [-0.15, -0.1) is 11.3 Å². The summed E-state index contributed by atoms with van der Waals surface area (Å²) in [5.74, 6) is -4.61. The van der Waals surface area contributed by atoms with Crippen molar-refractivity contribution in [1.82, 2.24) is 9.78 Å². The third-order valence-electron chi connectivity index (χ3n) is 12.2. The molecule has 2 aliphatic carbocycles. The number of carbonyl (C=O) groups is 4. The molecule has 5 aromatic rings. The summed E-state index contributed by atoms with van der Waals surface area (Å²) < 4.78 is 2.61. The molecule has 268 valence electrons. The molecule has 2 saturated heterocycles. The third kappa shape index (κ3) is 4.71. The normalized spacial score (nSPS) is 26.7. The highest BCUT2D eigenvalue weighted by Gasteiger charge is 2.68. The number of allylic oxidation sites excluding steroid dienone is 2. The van der Waals surface area contributed by atoms with E-state index >= 15 is 4.79 Å². The minimum Gasteiger partial charge on any atom is -0.508 e. The van der Waals surface area contributed by atoms with Crippen LogP contribution in [0.25, 0.3) is 20.7 Å². The van der Waals surface area contributed by atoms with Crippen LogP contribution < -0.4 is 9.80 Å². The summed E-state index contributed by atoms with van der Waals surface area (Å²) in [6.07, 6.45) is 2.45. The SMILES string of the molecule is Cc1ccc(N2C(=O)C3CC=C4C(CC5C(=O)N(c6cc(-c7sc8ccc(Cl)cc8c7C)nn6C)C(=O)C5(C)C4c4ccccc4O)C3C2=O)cc1Cl. The number of anilines is 2. The second-order valence-electron chi connectivity index (χ2n) is 14.9. The number of phenolic OH excluding ortho intramolecular Hbond substituents is 1. The molecule has 4 aliphatic rings. The zero-order valence-corrected chi connectivity index (χ0v) is 31.6. The molecule has 3 fully saturated rings. The van der Waals surface area contributed by atoms with Crippen LogP contribution in [0.1, 0.15) is 42.4 Å². The van der Waals surface area contributed by atoms with Crippen LogP contribution in [-0.4, -0.2) is 38.5 Å². The number of amides is 4. The monoisotopic (exact) mass is 764 g/mol. The van der Waals surface area contributed by atoms with E-state index < -0.39 is 46.8 Å². The van der Waals surface area contributed by atoms with Crippen LogP contribution in [0, 0.1) is 42.9 Å². The lowest BCUT2D eigenvalue weighted by Crippen LogP contribution is -2.49. The van der Waals surface area contributed by atoms with Gasteiger partial charge in [-0.2, -0.15) is 5.10 Å². The summed E-state index contributed by atoms with van der Waals surface area (Å²) in [5, 5.41) is 18.2. The van der Waals surface area contributed by atoms with E-state index in [0.717, 1.165) is 31.7 Å². The number of para-hydroxylation sites is 1. The fourth-order valence-electron chi connectivity index (χ4n) is 9.50. The number of thiophene rings is 1. The Balaban J connectivity index is 1.15. The molecule has 6 unspecified atom stereocenters. The Morgan fingerprint density at radius 1 is 0.906 bits per heavy atom. The first-order chi connectivity index (χ1) is 25.3. The van der Waals surface area contributed by atoms with Crippen molar-refractivity contribution in [3.05, 3.63) is 105 Å². The quantitative estimate of drug-likeness (QED) is 0.145. The number of fused-ring (bicyclic) bond motifs is 5. The Labute approximate surface area is 319 Å². The predicted octanol–water partition coefficient (Wildman–Crippen LogP) is 8.37. The molecule has 1 saturated carbocycles. The number of aromatic hydroxyl groups is 1. The van der Waals surface area contributed by atoms with E-state index in [9.17, 15) is 19.5 Å². The van der Waals surface area contributed by atoms with Gasteiger partial charge in [0.25, 0.3) is 0 Å². The Kier molecular flexibility index (Phi) is 7.62. The number of carbonyl (C=O) groups excluding carboxylic acids is 4. The molecule has 3 aromatic carbocycles. The predicted molar refractivity (Wildman–Crippen MR) is 205 cm³/mol. The fraction of sp³-hybridized carbons (Fsp3) is 0.293. The van der Waals surface area contributed by atoms with Crippen LogP contribution in [0.5, 0.6) is 5.75 Å². The van der Waals surface area contributed by atoms with Gasteiger partial charge in [-0.1, -0.05) is 59.1 Å². The first-order valence-corrected chi connectivity index (χ1v) is 19.1. The van der Waals surface area contributed by atoms with Gasteiger partial charge < -0.3 is 5.11 Å². The molecule has 9 rings (SSSR count). The minimum atomic E-state index is -1.31. The Morgan fingerprint density at radius 3 is 2.43 bits per heavy atom. The first kappa shape index (κ1) is 34.0. The number of aryl methyl sites for hydroxylation is 3. The van der Waals surface area contributed by atoms with Crippen molar-refractivity contribution in [3.8, 4) is 16.3 Å². The van der Waals surface area contributed by atoms with Crippen molar-refractivity contribution in [1.29, 1.82) is 0 Å². The molecule has 2 aliphatic heterocycles. The van der Waals surface area contributed by atoms with E-state index in [1.54, 1.807) is 78.5 Å². The average molecular weight is 766 g/mol. The van der Waals surface area contributed by atoms with Crippen LogP contribution in [0.2, 0.25) is 10.0 Å². The smallest absolute Gasteiger partial charge is 0.242 e. The number of benzene rings is 3. The molecule has 9 nitrogen and oxygen atoms in total. The first-order valence-electron chi connectivity index (χ1n) is 17.5. The van der Waals surface area contributed by atoms with E-state index in [1.807, 2.05) is 38.1 Å². The zero-order chi connectivity index (χ0) is 37.2. The van der Waals surface area contributed by atoms with Crippen LogP contribution in [0.15, 0.2) is 78.4 Å². The molecule has 0 spiro atoms. The van der Waals surface area contributed by atoms with Gasteiger partial charge in [0, 0.05) is 39.3 Å². The summed E-state index contributed by atoms with van der Waals surface area (Å²) in [7, 11) is 1.71. The van der Waals surface area contributed by atoms with Crippen LogP contribution in [0.3, 0.4) is 0 Å². The maximum Gasteiger partial charge on any atom is 0.242 e. The molecule has 4 heterocycles. The maximum atomic E-state index is 15.0. The van der Waals surface area contributed by atoms with Crippen molar-refractivity contribution in [2.45, 2.75) is 39.5 Å². The van der Waals surface area contributed by atoms with E-state index in [0.29, 0.717) is 39.2 Å². The van der Waals surface area contributed by atoms with Gasteiger partial charge in [0.15, 0.2) is 0 Å². The van der Waals surface area contributed by atoms with Gasteiger partial charge >= 0.3 is 0 Å². The number of hydrogen-bond donors (Lipinski definition) is 1. The summed E-state index contributed by atoms with van der Waals surface area (Å²) >= 11 is 14.3. The number of hydrogen-bond acceptors (Lipinski definition) is 7. The van der Waals surface area contributed by atoms with Gasteiger partial charge in [0.1, 0.15) is 17.3 Å². The lowest BCUT2D eigenvalue weighted by atomic mass is 9.51. The summed E-state index contributed by atoms with van der Waals surface area (Å²) in [4.78, 5) is 61.6. The Bertz CT molecular complexity index is 2500. The Morgan fingerprint density at radius 2 is 1.68 bits per heavy atom. The molecule has 0 radical (unpaired) electrons. The molecule has 53 heavy (non-hydrogen) atoms. The topological polar surface area (TPSA) is 113 Å². The summed E-state index contributed by atoms with van der Waals surface area (Å²) in [6, 6.07) is 19.5. The molecule has 1 N–H and O–H groups in total. The van der Waals surface area contributed by atoms with Crippen molar-refractivity contribution < 1.29 is 24.3 Å². The lowest BCUT2D eigenvalue weighted by Gasteiger charge is -2.49. The highest BCUT2D eigenvalue weighted by atomic mass is 35.5. The zero-order valence-electron chi connectivity index (χ0n) is 29.3. The van der Waals surface area contributed by atoms with Crippen LogP contribution >= 0.6 is 34.5 Å². The van der Waals surface area contributed by atoms with Gasteiger partial charge in [0.05, 0.1) is 33.7 Å². The molecule has 0 bridgehead atoms. The van der Waals surface area contributed by atoms with Crippen molar-refractivity contribution in [2.24, 2.45) is 36.1 Å². The van der Waals surface area contributed by atoms with Gasteiger partial charge in [-0.3, -0.25) is 23.9 Å². The standard InChI is InChI=1S/C41H34Cl2N4O5S/c1-19-9-11-22(16-29(19)43)46-37(49)25-13-12-23-27(34(25)39(46)51)17-28-38(50)47(40(52)41(28,3)35(23)24-7-5-6-8-31(24)48)33-18-30(44-45(33)4)36-20(2)26-15-21(42)10-14-32(26)53-36/h5-12,14-16,18,25,27-28,34-35,48H,13,17H2,1-4H3. The second-order valence-corrected chi connectivity index (χ2v) is 16.8. The fourth-order valence-corrected chi connectivity index (χ4v) is 11.0. The summed E-state index contributed by atoms with van der Waals surface area (Å²) in [6.45, 7) is 5.66. The third-order valence-corrected chi connectivity index (χ3v) is 14.1. The van der Waals surface area contributed by atoms with Crippen molar-refractivity contribution in [3.63, 3.8) is 0 Å². The van der Waals surface area contributed by atoms with Crippen LogP contribution in [-0.2, 0) is 26.2 Å². The van der Waals surface area contributed by atoms with E-state index in [-0.39, 0.29) is 24.0 Å². The number of rotatable bonds is 4. The van der Waals surface area contributed by atoms with E-state index in [4.69, 9.17) is 28.3 Å². The summed E-state index contributed by atoms with van der Waals surface area (Å²) in [5.41, 5.74) is 2.85. The van der Waals surface area contributed by atoms with Crippen molar-refractivity contribution in [2.75, 3.05) is 9.80 Å². The second kappa shape index (κ2) is 11.9.